The van der Waals surface area contributed by atoms with Gasteiger partial charge in [0.25, 0.3) is 0 Å². The van der Waals surface area contributed by atoms with E-state index in [0.29, 0.717) is 5.92 Å². The van der Waals surface area contributed by atoms with E-state index in [9.17, 15) is 4.79 Å². The van der Waals surface area contributed by atoms with Gasteiger partial charge >= 0.3 is 0 Å². The molecule has 0 saturated carbocycles. The number of carbonyl (C=O) groups excluding carboxylic acids is 1. The van der Waals surface area contributed by atoms with E-state index in [1.54, 1.807) is 4.90 Å². The molecular formula is C11H13NO. The van der Waals surface area contributed by atoms with E-state index < -0.39 is 0 Å². The summed E-state index contributed by atoms with van der Waals surface area (Å²) >= 11 is 0. The standard InChI is InChI=1S/C11H13NO/c1-12-8-7-10(11(12)13)9-5-3-2-4-6-9/h2-5,7,9H,6,8H2,1H3. The Morgan fingerprint density at radius 3 is 2.85 bits per heavy atom. The van der Waals surface area contributed by atoms with E-state index >= 15 is 0 Å². The first kappa shape index (κ1) is 8.30. The maximum Gasteiger partial charge on any atom is 0.250 e. The zero-order valence-electron chi connectivity index (χ0n) is 7.73. The summed E-state index contributed by atoms with van der Waals surface area (Å²) in [5.41, 5.74) is 0.961. The number of carbonyl (C=O) groups is 1. The Hall–Kier alpha value is -1.31. The molecule has 68 valence electrons. The summed E-state index contributed by atoms with van der Waals surface area (Å²) in [6, 6.07) is 0. The van der Waals surface area contributed by atoms with Crippen LogP contribution in [0.5, 0.6) is 0 Å². The Kier molecular flexibility index (Phi) is 2.05. The molecule has 0 saturated heterocycles. The van der Waals surface area contributed by atoms with Gasteiger partial charge in [-0.1, -0.05) is 30.4 Å². The number of rotatable bonds is 1. The molecule has 0 aromatic rings. The molecule has 1 atom stereocenters. The van der Waals surface area contributed by atoms with Gasteiger partial charge in [0, 0.05) is 25.1 Å². The van der Waals surface area contributed by atoms with Crippen LogP contribution in [0.15, 0.2) is 36.0 Å². The SMILES string of the molecule is CN1CC=C(C2C=CC=CC2)C1=O. The van der Waals surface area contributed by atoms with Crippen molar-refractivity contribution in [1.29, 1.82) is 0 Å². The van der Waals surface area contributed by atoms with Gasteiger partial charge in [0.05, 0.1) is 0 Å². The second-order valence-corrected chi connectivity index (χ2v) is 3.50. The topological polar surface area (TPSA) is 20.3 Å². The number of nitrogens with zero attached hydrogens (tertiary/aromatic N) is 1. The van der Waals surface area contributed by atoms with Gasteiger partial charge in [0.15, 0.2) is 0 Å². The third-order valence-corrected chi connectivity index (χ3v) is 2.56. The van der Waals surface area contributed by atoms with Crippen molar-refractivity contribution < 1.29 is 4.79 Å². The fraction of sp³-hybridized carbons (Fsp3) is 0.364. The second kappa shape index (κ2) is 3.21. The van der Waals surface area contributed by atoms with Gasteiger partial charge in [-0.2, -0.15) is 0 Å². The van der Waals surface area contributed by atoms with Gasteiger partial charge in [0.1, 0.15) is 0 Å². The lowest BCUT2D eigenvalue weighted by Gasteiger charge is -2.15. The molecule has 1 amide bonds. The predicted octanol–water partition coefficient (Wildman–Crippen LogP) is 1.52. The summed E-state index contributed by atoms with van der Waals surface area (Å²) in [5, 5.41) is 0. The van der Waals surface area contributed by atoms with Crippen molar-refractivity contribution in [2.75, 3.05) is 13.6 Å². The molecule has 0 fully saturated rings. The molecule has 0 spiro atoms. The van der Waals surface area contributed by atoms with E-state index in [0.717, 1.165) is 18.5 Å². The summed E-state index contributed by atoms with van der Waals surface area (Å²) < 4.78 is 0. The van der Waals surface area contributed by atoms with Crippen molar-refractivity contribution in [2.24, 2.45) is 5.92 Å². The van der Waals surface area contributed by atoms with Crippen molar-refractivity contribution in [2.45, 2.75) is 6.42 Å². The molecule has 0 N–H and O–H groups in total. The Balaban J connectivity index is 2.14. The molecule has 0 aromatic carbocycles. The molecule has 13 heavy (non-hydrogen) atoms. The zero-order chi connectivity index (χ0) is 9.26. The van der Waals surface area contributed by atoms with Crippen molar-refractivity contribution in [3.63, 3.8) is 0 Å². The lowest BCUT2D eigenvalue weighted by Crippen LogP contribution is -2.23. The molecule has 1 aliphatic carbocycles. The summed E-state index contributed by atoms with van der Waals surface area (Å²) in [4.78, 5) is 13.4. The highest BCUT2D eigenvalue weighted by Crippen LogP contribution is 2.25. The van der Waals surface area contributed by atoms with Crippen molar-refractivity contribution >= 4 is 5.91 Å². The van der Waals surface area contributed by atoms with Gasteiger partial charge in [-0.25, -0.2) is 0 Å². The molecule has 0 aromatic heterocycles. The molecule has 0 bridgehead atoms. The molecule has 1 unspecified atom stereocenters. The summed E-state index contributed by atoms with van der Waals surface area (Å²) in [6.07, 6.45) is 11.2. The van der Waals surface area contributed by atoms with Gasteiger partial charge in [-0.15, -0.1) is 0 Å². The van der Waals surface area contributed by atoms with Crippen molar-refractivity contribution in [1.82, 2.24) is 4.90 Å². The summed E-state index contributed by atoms with van der Waals surface area (Å²) in [6.45, 7) is 0.766. The molecule has 2 rings (SSSR count). The fourth-order valence-electron chi connectivity index (χ4n) is 1.75. The first-order valence-electron chi connectivity index (χ1n) is 4.58. The maximum absolute atomic E-state index is 11.6. The van der Waals surface area contributed by atoms with Crippen molar-refractivity contribution in [3.05, 3.63) is 36.0 Å². The van der Waals surface area contributed by atoms with Crippen LogP contribution in [0, 0.1) is 5.92 Å². The Labute approximate surface area is 78.2 Å². The van der Waals surface area contributed by atoms with Crippen LogP contribution >= 0.6 is 0 Å². The van der Waals surface area contributed by atoms with Crippen LogP contribution in [0.3, 0.4) is 0 Å². The van der Waals surface area contributed by atoms with Crippen LogP contribution in [0.2, 0.25) is 0 Å². The third-order valence-electron chi connectivity index (χ3n) is 2.56. The largest absolute Gasteiger partial charge is 0.338 e. The number of allylic oxidation sites excluding steroid dienone is 4. The van der Waals surface area contributed by atoms with Crippen LogP contribution in [-0.4, -0.2) is 24.4 Å². The van der Waals surface area contributed by atoms with Crippen LogP contribution in [0.1, 0.15) is 6.42 Å². The van der Waals surface area contributed by atoms with Crippen molar-refractivity contribution in [3.8, 4) is 0 Å². The molecule has 2 aliphatic rings. The van der Waals surface area contributed by atoms with Gasteiger partial charge in [-0.05, 0) is 6.42 Å². The average Bonchev–Trinajstić information content (AvgIpc) is 2.49. The van der Waals surface area contributed by atoms with Crippen LogP contribution in [0.4, 0.5) is 0 Å². The lowest BCUT2D eigenvalue weighted by molar-refractivity contribution is -0.124. The first-order chi connectivity index (χ1) is 6.29. The minimum absolute atomic E-state index is 0.185. The molecule has 1 heterocycles. The second-order valence-electron chi connectivity index (χ2n) is 3.50. The van der Waals surface area contributed by atoms with E-state index in [4.69, 9.17) is 0 Å². The highest BCUT2D eigenvalue weighted by atomic mass is 16.2. The number of likely N-dealkylation sites (N-methyl/N-ethyl adjacent to an activating group) is 1. The minimum Gasteiger partial charge on any atom is -0.338 e. The predicted molar refractivity (Wildman–Crippen MR) is 52.1 cm³/mol. The van der Waals surface area contributed by atoms with Gasteiger partial charge in [0.2, 0.25) is 5.91 Å². The monoisotopic (exact) mass is 175 g/mol. The summed E-state index contributed by atoms with van der Waals surface area (Å²) in [5.74, 6) is 0.493. The third kappa shape index (κ3) is 1.44. The molecule has 2 heteroatoms. The fourth-order valence-corrected chi connectivity index (χ4v) is 1.75. The Morgan fingerprint density at radius 1 is 1.46 bits per heavy atom. The quantitative estimate of drug-likeness (QED) is 0.591. The maximum atomic E-state index is 11.6. The summed E-state index contributed by atoms with van der Waals surface area (Å²) in [7, 11) is 1.84. The van der Waals surface area contributed by atoms with Gasteiger partial charge < -0.3 is 4.90 Å². The smallest absolute Gasteiger partial charge is 0.250 e. The van der Waals surface area contributed by atoms with Crippen LogP contribution < -0.4 is 0 Å². The van der Waals surface area contributed by atoms with Gasteiger partial charge in [-0.3, -0.25) is 4.79 Å². The Morgan fingerprint density at radius 2 is 2.31 bits per heavy atom. The Bertz CT molecular complexity index is 312. The number of amides is 1. The van der Waals surface area contributed by atoms with E-state index in [2.05, 4.69) is 12.2 Å². The molecule has 1 aliphatic heterocycles. The van der Waals surface area contributed by atoms with E-state index in [1.165, 1.54) is 0 Å². The average molecular weight is 175 g/mol. The van der Waals surface area contributed by atoms with Crippen LogP contribution in [-0.2, 0) is 4.79 Å². The zero-order valence-corrected chi connectivity index (χ0v) is 7.73. The van der Waals surface area contributed by atoms with E-state index in [-0.39, 0.29) is 5.91 Å². The minimum atomic E-state index is 0.185. The van der Waals surface area contributed by atoms with Crippen LogP contribution in [0.25, 0.3) is 0 Å². The molecule has 0 radical (unpaired) electrons. The molecular weight excluding hydrogens is 162 g/mol. The highest BCUT2D eigenvalue weighted by Gasteiger charge is 2.25. The normalized spacial score (nSPS) is 26.8. The number of hydrogen-bond acceptors (Lipinski definition) is 1. The van der Waals surface area contributed by atoms with E-state index in [1.807, 2.05) is 25.3 Å². The first-order valence-corrected chi connectivity index (χ1v) is 4.58. The lowest BCUT2D eigenvalue weighted by atomic mass is 9.92. The molecule has 2 nitrogen and oxygen atoms in total. The number of hydrogen-bond donors (Lipinski definition) is 0. The highest BCUT2D eigenvalue weighted by molar-refractivity contribution is 5.96.